The molecule has 0 aromatic carbocycles. The molecule has 1 heterocycles. The van der Waals surface area contributed by atoms with Gasteiger partial charge in [-0.15, -0.1) is 0 Å². The van der Waals surface area contributed by atoms with E-state index in [1.807, 2.05) is 17.9 Å². The van der Waals surface area contributed by atoms with Crippen LogP contribution < -0.4 is 11.3 Å². The highest BCUT2D eigenvalue weighted by molar-refractivity contribution is 5.06. The Kier molecular flexibility index (Phi) is 3.84. The molecule has 0 aliphatic heterocycles. The van der Waals surface area contributed by atoms with Crippen molar-refractivity contribution >= 4 is 0 Å². The number of nitrogens with two attached hydrogens (primary N) is 1. The topological polar surface area (TPSA) is 55.9 Å². The summed E-state index contributed by atoms with van der Waals surface area (Å²) in [6.45, 7) is 4.70. The highest BCUT2D eigenvalue weighted by Gasteiger charge is 2.31. The van der Waals surface area contributed by atoms with Gasteiger partial charge in [0, 0.05) is 13.2 Å². The van der Waals surface area contributed by atoms with Crippen LogP contribution in [-0.2, 0) is 7.05 Å². The van der Waals surface area contributed by atoms with Gasteiger partial charge in [0.05, 0.1) is 18.1 Å². The molecule has 0 bridgehead atoms. The normalized spacial score (nSPS) is 31.4. The van der Waals surface area contributed by atoms with Crippen molar-refractivity contribution in [3.63, 3.8) is 0 Å². The standard InChI is InChI=1S/C13H24N4/c1-9-4-5-11(6-10(9)2)13(16-14)12-7-17(3)8-15-12/h7-11,13,16H,4-6,14H2,1-3H3. The zero-order valence-corrected chi connectivity index (χ0v) is 11.1. The lowest BCUT2D eigenvalue weighted by Gasteiger charge is -2.35. The number of aromatic nitrogens is 2. The summed E-state index contributed by atoms with van der Waals surface area (Å²) in [5.74, 6) is 7.96. The van der Waals surface area contributed by atoms with E-state index < -0.39 is 0 Å². The van der Waals surface area contributed by atoms with Gasteiger partial charge < -0.3 is 4.57 Å². The molecule has 2 rings (SSSR count). The summed E-state index contributed by atoms with van der Waals surface area (Å²) < 4.78 is 1.98. The Morgan fingerprint density at radius 2 is 2.18 bits per heavy atom. The van der Waals surface area contributed by atoms with E-state index in [-0.39, 0.29) is 6.04 Å². The van der Waals surface area contributed by atoms with E-state index in [4.69, 9.17) is 5.84 Å². The van der Waals surface area contributed by atoms with Crippen LogP contribution in [-0.4, -0.2) is 9.55 Å². The van der Waals surface area contributed by atoms with Crippen LogP contribution in [0.3, 0.4) is 0 Å². The number of hydrogen-bond acceptors (Lipinski definition) is 3. The summed E-state index contributed by atoms with van der Waals surface area (Å²) in [6, 6.07) is 0.200. The molecule has 0 amide bonds. The van der Waals surface area contributed by atoms with Crippen molar-refractivity contribution < 1.29 is 0 Å². The van der Waals surface area contributed by atoms with Gasteiger partial charge in [-0.3, -0.25) is 11.3 Å². The highest BCUT2D eigenvalue weighted by atomic mass is 15.2. The van der Waals surface area contributed by atoms with E-state index in [0.717, 1.165) is 17.5 Å². The van der Waals surface area contributed by atoms with Crippen LogP contribution in [0.15, 0.2) is 12.5 Å². The number of nitrogens with one attached hydrogen (secondary N) is 1. The van der Waals surface area contributed by atoms with Crippen molar-refractivity contribution in [1.29, 1.82) is 0 Å². The predicted octanol–water partition coefficient (Wildman–Crippen LogP) is 2.00. The first-order valence-electron chi connectivity index (χ1n) is 6.55. The average Bonchev–Trinajstić information content (AvgIpc) is 2.71. The number of imidazole rings is 1. The summed E-state index contributed by atoms with van der Waals surface area (Å²) >= 11 is 0. The first-order valence-corrected chi connectivity index (χ1v) is 6.55. The molecule has 4 nitrogen and oxygen atoms in total. The van der Waals surface area contributed by atoms with Gasteiger partial charge in [-0.1, -0.05) is 20.3 Å². The van der Waals surface area contributed by atoms with Gasteiger partial charge in [-0.05, 0) is 30.6 Å². The number of hydrogen-bond donors (Lipinski definition) is 2. The third-order valence-corrected chi connectivity index (χ3v) is 4.33. The third kappa shape index (κ3) is 2.69. The molecule has 3 N–H and O–H groups in total. The fourth-order valence-electron chi connectivity index (χ4n) is 2.95. The minimum Gasteiger partial charge on any atom is -0.340 e. The molecule has 4 heteroatoms. The van der Waals surface area contributed by atoms with Crippen molar-refractivity contribution in [2.45, 2.75) is 39.2 Å². The van der Waals surface area contributed by atoms with Crippen LogP contribution in [0.1, 0.15) is 44.8 Å². The molecule has 4 atom stereocenters. The maximum Gasteiger partial charge on any atom is 0.0947 e. The minimum atomic E-state index is 0.200. The number of hydrazine groups is 1. The zero-order valence-electron chi connectivity index (χ0n) is 11.1. The number of nitrogens with zero attached hydrogens (tertiary/aromatic N) is 2. The monoisotopic (exact) mass is 236 g/mol. The lowest BCUT2D eigenvalue weighted by atomic mass is 9.73. The van der Waals surface area contributed by atoms with Crippen LogP contribution in [0.2, 0.25) is 0 Å². The second-order valence-electron chi connectivity index (χ2n) is 5.64. The highest BCUT2D eigenvalue weighted by Crippen LogP contribution is 2.39. The Balaban J connectivity index is 2.08. The molecule has 1 aromatic rings. The van der Waals surface area contributed by atoms with Crippen molar-refractivity contribution in [1.82, 2.24) is 15.0 Å². The Hall–Kier alpha value is -0.870. The molecule has 1 aliphatic rings. The molecule has 0 radical (unpaired) electrons. The fraction of sp³-hybridized carbons (Fsp3) is 0.769. The molecule has 0 saturated heterocycles. The quantitative estimate of drug-likeness (QED) is 0.623. The first kappa shape index (κ1) is 12.6. The van der Waals surface area contributed by atoms with E-state index in [0.29, 0.717) is 5.92 Å². The van der Waals surface area contributed by atoms with Crippen molar-refractivity contribution in [3.8, 4) is 0 Å². The van der Waals surface area contributed by atoms with Crippen molar-refractivity contribution in [3.05, 3.63) is 18.2 Å². The van der Waals surface area contributed by atoms with Gasteiger partial charge in [0.2, 0.25) is 0 Å². The Morgan fingerprint density at radius 1 is 1.41 bits per heavy atom. The van der Waals surface area contributed by atoms with Gasteiger partial charge in [-0.2, -0.15) is 0 Å². The van der Waals surface area contributed by atoms with E-state index in [9.17, 15) is 0 Å². The van der Waals surface area contributed by atoms with Crippen LogP contribution in [0.25, 0.3) is 0 Å². The van der Waals surface area contributed by atoms with Gasteiger partial charge in [0.15, 0.2) is 0 Å². The van der Waals surface area contributed by atoms with E-state index in [1.54, 1.807) is 0 Å². The second kappa shape index (κ2) is 5.19. The van der Waals surface area contributed by atoms with E-state index in [1.165, 1.54) is 19.3 Å². The number of rotatable bonds is 3. The summed E-state index contributed by atoms with van der Waals surface area (Å²) in [5.41, 5.74) is 4.03. The molecule has 1 aliphatic carbocycles. The average molecular weight is 236 g/mol. The summed E-state index contributed by atoms with van der Waals surface area (Å²) in [7, 11) is 2.00. The lowest BCUT2D eigenvalue weighted by molar-refractivity contribution is 0.170. The van der Waals surface area contributed by atoms with Crippen molar-refractivity contribution in [2.75, 3.05) is 0 Å². The van der Waals surface area contributed by atoms with Crippen molar-refractivity contribution in [2.24, 2.45) is 30.6 Å². The van der Waals surface area contributed by atoms with Gasteiger partial charge in [-0.25, -0.2) is 4.98 Å². The predicted molar refractivity (Wildman–Crippen MR) is 68.9 cm³/mol. The van der Waals surface area contributed by atoms with Gasteiger partial charge >= 0.3 is 0 Å². The minimum absolute atomic E-state index is 0.200. The van der Waals surface area contributed by atoms with Gasteiger partial charge in [0.1, 0.15) is 0 Å². The zero-order chi connectivity index (χ0) is 12.4. The maximum atomic E-state index is 5.73. The smallest absolute Gasteiger partial charge is 0.0947 e. The Bertz CT molecular complexity index is 360. The third-order valence-electron chi connectivity index (χ3n) is 4.33. The van der Waals surface area contributed by atoms with E-state index in [2.05, 4.69) is 30.5 Å². The number of aryl methyl sites for hydroxylation is 1. The largest absolute Gasteiger partial charge is 0.340 e. The van der Waals surface area contributed by atoms with Gasteiger partial charge in [0.25, 0.3) is 0 Å². The molecule has 96 valence electrons. The summed E-state index contributed by atoms with van der Waals surface area (Å²) in [6.07, 6.45) is 7.70. The van der Waals surface area contributed by atoms with Crippen LogP contribution in [0.4, 0.5) is 0 Å². The van der Waals surface area contributed by atoms with E-state index >= 15 is 0 Å². The fourth-order valence-corrected chi connectivity index (χ4v) is 2.95. The molecular formula is C13H24N4. The summed E-state index contributed by atoms with van der Waals surface area (Å²) in [5, 5.41) is 0. The van der Waals surface area contributed by atoms with Crippen LogP contribution in [0.5, 0.6) is 0 Å². The molecule has 0 spiro atoms. The Morgan fingerprint density at radius 3 is 2.71 bits per heavy atom. The summed E-state index contributed by atoms with van der Waals surface area (Å²) in [4.78, 5) is 4.43. The molecule has 1 fully saturated rings. The molecule has 4 unspecified atom stereocenters. The molecule has 1 saturated carbocycles. The molecule has 1 aromatic heterocycles. The lowest BCUT2D eigenvalue weighted by Crippen LogP contribution is -2.37. The Labute approximate surface area is 104 Å². The van der Waals surface area contributed by atoms with Crippen LogP contribution in [0, 0.1) is 17.8 Å². The van der Waals surface area contributed by atoms with Crippen LogP contribution >= 0.6 is 0 Å². The first-order chi connectivity index (χ1) is 8.11. The SMILES string of the molecule is CC1CCC(C(NN)c2cn(C)cn2)CC1C. The molecular weight excluding hydrogens is 212 g/mol. The maximum absolute atomic E-state index is 5.73. The second-order valence-corrected chi connectivity index (χ2v) is 5.64. The molecule has 17 heavy (non-hydrogen) atoms.